The zero-order chi connectivity index (χ0) is 20.1. The largest absolute Gasteiger partial charge is 0.534 e. The SMILES string of the molecule is [2H]C([2H])([2H])n1nc(OS(=O)(=O)C(F)(F)F)c2cnc(OC)c([N+](=O)[O-])c21. The van der Waals surface area contributed by atoms with Crippen LogP contribution in [0.25, 0.3) is 10.9 Å². The molecule has 0 aliphatic heterocycles. The third-order valence-electron chi connectivity index (χ3n) is 2.47. The van der Waals surface area contributed by atoms with E-state index in [1.165, 1.54) is 0 Å². The highest BCUT2D eigenvalue weighted by atomic mass is 32.2. The van der Waals surface area contributed by atoms with E-state index in [2.05, 4.69) is 19.0 Å². The normalized spacial score (nSPS) is 14.9. The molecule has 2 rings (SSSR count). The fourth-order valence-electron chi connectivity index (χ4n) is 1.57. The van der Waals surface area contributed by atoms with E-state index in [0.717, 1.165) is 7.11 Å². The summed E-state index contributed by atoms with van der Waals surface area (Å²) in [6, 6.07) is 0. The second-order valence-corrected chi connectivity index (χ2v) is 5.37. The summed E-state index contributed by atoms with van der Waals surface area (Å²) in [4.78, 5) is 13.6. The number of rotatable bonds is 4. The van der Waals surface area contributed by atoms with Crippen molar-refractivity contribution in [3.8, 4) is 11.8 Å². The van der Waals surface area contributed by atoms with E-state index < -0.39 is 55.9 Å². The number of aryl methyl sites for hydroxylation is 1. The summed E-state index contributed by atoms with van der Waals surface area (Å²) < 4.78 is 90.1. The van der Waals surface area contributed by atoms with E-state index in [1.807, 2.05) is 0 Å². The number of pyridine rings is 1. The van der Waals surface area contributed by atoms with Gasteiger partial charge in [-0.2, -0.15) is 21.6 Å². The van der Waals surface area contributed by atoms with E-state index in [0.29, 0.717) is 6.20 Å². The van der Waals surface area contributed by atoms with E-state index in [4.69, 9.17) is 4.11 Å². The van der Waals surface area contributed by atoms with Gasteiger partial charge in [-0.25, -0.2) is 4.98 Å². The molecule has 0 N–H and O–H groups in total. The molecule has 126 valence electrons. The summed E-state index contributed by atoms with van der Waals surface area (Å²) in [5.74, 6) is -2.01. The molecule has 0 saturated heterocycles. The molecule has 2 heterocycles. The molecular formula is C9H7F3N4O6S. The van der Waals surface area contributed by atoms with E-state index >= 15 is 0 Å². The third-order valence-corrected chi connectivity index (χ3v) is 3.42. The zero-order valence-corrected chi connectivity index (χ0v) is 11.7. The molecule has 0 aromatic carbocycles. The number of hydrogen-bond donors (Lipinski definition) is 0. The predicted molar refractivity (Wildman–Crippen MR) is 67.3 cm³/mol. The number of aromatic nitrogens is 3. The molecule has 0 bridgehead atoms. The van der Waals surface area contributed by atoms with Crippen LogP contribution in [-0.4, -0.2) is 40.7 Å². The first kappa shape index (κ1) is 12.9. The molecule has 0 aliphatic rings. The predicted octanol–water partition coefficient (Wildman–Crippen LogP) is 1.11. The molecule has 0 aliphatic carbocycles. The molecule has 0 spiro atoms. The fourth-order valence-corrected chi connectivity index (χ4v) is 1.99. The van der Waals surface area contributed by atoms with E-state index in [9.17, 15) is 31.7 Å². The van der Waals surface area contributed by atoms with Gasteiger partial charge < -0.3 is 8.92 Å². The summed E-state index contributed by atoms with van der Waals surface area (Å²) in [7, 11) is -5.24. The fraction of sp³-hybridized carbons (Fsp3) is 0.333. The van der Waals surface area contributed by atoms with Gasteiger partial charge in [0.15, 0.2) is 5.52 Å². The van der Waals surface area contributed by atoms with E-state index in [-0.39, 0.29) is 4.68 Å². The van der Waals surface area contributed by atoms with Crippen molar-refractivity contribution in [1.29, 1.82) is 0 Å². The maximum atomic E-state index is 12.5. The second-order valence-electron chi connectivity index (χ2n) is 3.84. The maximum absolute atomic E-state index is 12.5. The number of halogens is 3. The molecule has 14 heteroatoms. The lowest BCUT2D eigenvalue weighted by atomic mass is 10.3. The highest BCUT2D eigenvalue weighted by molar-refractivity contribution is 7.88. The summed E-state index contributed by atoms with van der Waals surface area (Å²) in [5.41, 5.74) is -7.74. The Kier molecular flexibility index (Phi) is 2.92. The Morgan fingerprint density at radius 2 is 2.09 bits per heavy atom. The van der Waals surface area contributed by atoms with Gasteiger partial charge in [0, 0.05) is 17.3 Å². The molecule has 0 amide bonds. The van der Waals surface area contributed by atoms with Crippen LogP contribution in [0.2, 0.25) is 0 Å². The highest BCUT2D eigenvalue weighted by Crippen LogP contribution is 2.38. The van der Waals surface area contributed by atoms with Crippen molar-refractivity contribution >= 4 is 26.7 Å². The summed E-state index contributed by atoms with van der Waals surface area (Å²) in [6.45, 7) is -3.22. The summed E-state index contributed by atoms with van der Waals surface area (Å²) in [6.07, 6.45) is 0.637. The van der Waals surface area contributed by atoms with Gasteiger partial charge in [-0.1, -0.05) is 0 Å². The zero-order valence-electron chi connectivity index (χ0n) is 13.9. The van der Waals surface area contributed by atoms with Crippen molar-refractivity contribution in [3.63, 3.8) is 0 Å². The van der Waals surface area contributed by atoms with Gasteiger partial charge >= 0.3 is 21.3 Å². The number of hydrogen-bond acceptors (Lipinski definition) is 8. The van der Waals surface area contributed by atoms with Crippen molar-refractivity contribution in [3.05, 3.63) is 16.3 Å². The first-order valence-corrected chi connectivity index (χ1v) is 6.73. The minimum absolute atomic E-state index is 0.0219. The van der Waals surface area contributed by atoms with Gasteiger partial charge in [-0.05, 0) is 0 Å². The van der Waals surface area contributed by atoms with Gasteiger partial charge in [0.2, 0.25) is 0 Å². The van der Waals surface area contributed by atoms with Crippen molar-refractivity contribution < 1.29 is 39.5 Å². The van der Waals surface area contributed by atoms with Crippen LogP contribution in [-0.2, 0) is 17.1 Å². The highest BCUT2D eigenvalue weighted by Gasteiger charge is 2.49. The van der Waals surface area contributed by atoms with Crippen LogP contribution in [0.4, 0.5) is 18.9 Å². The molecule has 0 fully saturated rings. The monoisotopic (exact) mass is 359 g/mol. The average Bonchev–Trinajstić information content (AvgIpc) is 2.83. The van der Waals surface area contributed by atoms with Crippen LogP contribution in [0.15, 0.2) is 6.20 Å². The lowest BCUT2D eigenvalue weighted by Gasteiger charge is -2.07. The van der Waals surface area contributed by atoms with Crippen molar-refractivity contribution in [2.45, 2.75) is 5.51 Å². The minimum Gasteiger partial charge on any atom is -0.476 e. The Morgan fingerprint density at radius 3 is 2.57 bits per heavy atom. The molecular weight excluding hydrogens is 349 g/mol. The van der Waals surface area contributed by atoms with Crippen molar-refractivity contribution in [2.75, 3.05) is 7.11 Å². The van der Waals surface area contributed by atoms with Gasteiger partial charge in [0.25, 0.3) is 11.8 Å². The van der Waals surface area contributed by atoms with Gasteiger partial charge in [0.1, 0.15) is 0 Å². The number of fused-ring (bicyclic) bond motifs is 1. The molecule has 0 radical (unpaired) electrons. The van der Waals surface area contributed by atoms with Gasteiger partial charge in [-0.3, -0.25) is 14.8 Å². The standard InChI is InChI=1S/C9H7F3N4O6S/c1-15-5-4(3-13-8(21-2)6(5)16(17)18)7(14-15)22-23(19,20)9(10,11)12/h3H,1-2H3/i1D3. The molecule has 10 nitrogen and oxygen atoms in total. The topological polar surface area (TPSA) is 126 Å². The minimum atomic E-state index is -6.21. The Hall–Kier alpha value is -2.64. The van der Waals surface area contributed by atoms with Crippen molar-refractivity contribution in [2.24, 2.45) is 6.98 Å². The smallest absolute Gasteiger partial charge is 0.476 e. The Morgan fingerprint density at radius 1 is 1.43 bits per heavy atom. The molecule has 23 heavy (non-hydrogen) atoms. The quantitative estimate of drug-likeness (QED) is 0.344. The van der Waals surface area contributed by atoms with Crippen LogP contribution in [0.3, 0.4) is 0 Å². The number of alkyl halides is 3. The van der Waals surface area contributed by atoms with Gasteiger partial charge in [-0.15, -0.1) is 5.10 Å². The van der Waals surface area contributed by atoms with Crippen LogP contribution in [0.5, 0.6) is 11.8 Å². The maximum Gasteiger partial charge on any atom is 0.534 e. The molecule has 0 saturated carbocycles. The molecule has 2 aromatic heterocycles. The lowest BCUT2D eigenvalue weighted by molar-refractivity contribution is -0.384. The van der Waals surface area contributed by atoms with Crippen molar-refractivity contribution in [1.82, 2.24) is 14.8 Å². The Balaban J connectivity index is 2.88. The van der Waals surface area contributed by atoms with Crippen LogP contribution >= 0.6 is 0 Å². The lowest BCUT2D eigenvalue weighted by Crippen LogP contribution is -2.28. The molecule has 0 atom stereocenters. The number of ether oxygens (including phenoxy) is 1. The molecule has 0 unspecified atom stereocenters. The van der Waals surface area contributed by atoms with Crippen LogP contribution in [0, 0.1) is 10.1 Å². The van der Waals surface area contributed by atoms with Crippen LogP contribution in [0.1, 0.15) is 4.11 Å². The van der Waals surface area contributed by atoms with Crippen LogP contribution < -0.4 is 8.92 Å². The summed E-state index contributed by atoms with van der Waals surface area (Å²) in [5, 5.41) is 13.6. The number of nitrogens with zero attached hydrogens (tertiary/aromatic N) is 4. The average molecular weight is 359 g/mol. The van der Waals surface area contributed by atoms with E-state index in [1.54, 1.807) is 0 Å². The number of nitro groups is 1. The third kappa shape index (κ3) is 2.71. The Bertz CT molecular complexity index is 987. The Labute approximate surface area is 129 Å². The van der Waals surface area contributed by atoms with Gasteiger partial charge in [0.05, 0.1) is 17.4 Å². The second kappa shape index (κ2) is 5.22. The molecule has 2 aromatic rings. The first-order chi connectivity index (χ1) is 11.7. The first-order valence-electron chi connectivity index (χ1n) is 6.82. The summed E-state index contributed by atoms with van der Waals surface area (Å²) >= 11 is 0. The number of methoxy groups -OCH3 is 1.